The Kier molecular flexibility index (Phi) is 11.4. The topological polar surface area (TPSA) is 68.8 Å². The highest BCUT2D eigenvalue weighted by Gasteiger charge is 2.19. The number of amides is 1. The quantitative estimate of drug-likeness (QED) is 0.306. The van der Waals surface area contributed by atoms with Crippen molar-refractivity contribution in [2.24, 2.45) is 4.99 Å². The van der Waals surface area contributed by atoms with Crippen molar-refractivity contribution in [2.75, 3.05) is 33.2 Å². The van der Waals surface area contributed by atoms with Crippen molar-refractivity contribution in [3.63, 3.8) is 0 Å². The molecule has 1 heterocycles. The number of nitrogens with one attached hydrogen (secondary N) is 3. The summed E-state index contributed by atoms with van der Waals surface area (Å²) in [6.07, 6.45) is 8.81. The Balaban J connectivity index is 0.00000312. The predicted octanol–water partition coefficient (Wildman–Crippen LogP) is 2.09. The minimum Gasteiger partial charge on any atom is -0.356 e. The van der Waals surface area contributed by atoms with Crippen molar-refractivity contribution >= 4 is 35.8 Å². The molecule has 0 aromatic heterocycles. The minimum absolute atomic E-state index is 0. The highest BCUT2D eigenvalue weighted by Crippen LogP contribution is 2.17. The van der Waals surface area contributed by atoms with E-state index in [2.05, 4.69) is 32.8 Å². The summed E-state index contributed by atoms with van der Waals surface area (Å²) in [6.45, 7) is 6.39. The van der Waals surface area contributed by atoms with Gasteiger partial charge in [-0.25, -0.2) is 0 Å². The summed E-state index contributed by atoms with van der Waals surface area (Å²) < 4.78 is 0. The molecule has 0 atom stereocenters. The average Bonchev–Trinajstić information content (AvgIpc) is 3.08. The maximum Gasteiger partial charge on any atom is 0.221 e. The molecule has 2 fully saturated rings. The highest BCUT2D eigenvalue weighted by molar-refractivity contribution is 14.0. The molecule has 0 spiro atoms. The van der Waals surface area contributed by atoms with Crippen LogP contribution in [0.2, 0.25) is 0 Å². The smallest absolute Gasteiger partial charge is 0.221 e. The Labute approximate surface area is 170 Å². The van der Waals surface area contributed by atoms with Crippen LogP contribution in [0.15, 0.2) is 4.99 Å². The van der Waals surface area contributed by atoms with Crippen LogP contribution in [0.4, 0.5) is 0 Å². The third kappa shape index (κ3) is 8.57. The number of aliphatic imine (C=N–C) groups is 1. The van der Waals surface area contributed by atoms with Crippen molar-refractivity contribution in [2.45, 2.75) is 70.4 Å². The zero-order valence-corrected chi connectivity index (χ0v) is 18.2. The zero-order chi connectivity index (χ0) is 17.2. The van der Waals surface area contributed by atoms with Crippen LogP contribution in [-0.4, -0.2) is 62.1 Å². The lowest BCUT2D eigenvalue weighted by molar-refractivity contribution is -0.121. The van der Waals surface area contributed by atoms with Crippen LogP contribution in [-0.2, 0) is 4.79 Å². The Morgan fingerprint density at radius 2 is 1.72 bits per heavy atom. The lowest BCUT2D eigenvalue weighted by Crippen LogP contribution is -2.49. The zero-order valence-electron chi connectivity index (χ0n) is 15.9. The Bertz CT molecular complexity index is 404. The normalized spacial score (nSPS) is 20.2. The molecular formula is C18H36IN5O. The molecule has 0 unspecified atom stereocenters. The molecule has 2 rings (SSSR count). The van der Waals surface area contributed by atoms with Crippen LogP contribution in [0.1, 0.15) is 58.3 Å². The molecule has 0 bridgehead atoms. The summed E-state index contributed by atoms with van der Waals surface area (Å²) in [5.41, 5.74) is 0. The second-order valence-corrected chi connectivity index (χ2v) is 7.06. The Morgan fingerprint density at radius 3 is 2.32 bits per heavy atom. The molecule has 146 valence electrons. The van der Waals surface area contributed by atoms with Gasteiger partial charge in [0.15, 0.2) is 5.96 Å². The van der Waals surface area contributed by atoms with E-state index in [1.54, 1.807) is 7.05 Å². The molecule has 0 radical (unpaired) electrons. The van der Waals surface area contributed by atoms with E-state index in [1.165, 1.54) is 25.8 Å². The van der Waals surface area contributed by atoms with Crippen LogP contribution >= 0.6 is 24.0 Å². The molecule has 25 heavy (non-hydrogen) atoms. The van der Waals surface area contributed by atoms with Gasteiger partial charge in [0.2, 0.25) is 5.91 Å². The lowest BCUT2D eigenvalue weighted by Gasteiger charge is -2.32. The first-order valence-electron chi connectivity index (χ1n) is 9.70. The van der Waals surface area contributed by atoms with Gasteiger partial charge in [0.05, 0.1) is 0 Å². The fourth-order valence-electron chi connectivity index (χ4n) is 3.67. The van der Waals surface area contributed by atoms with Crippen molar-refractivity contribution in [1.82, 2.24) is 20.9 Å². The molecule has 1 aliphatic carbocycles. The van der Waals surface area contributed by atoms with Gasteiger partial charge in [0, 0.05) is 45.2 Å². The molecule has 6 nitrogen and oxygen atoms in total. The molecule has 0 aromatic carbocycles. The number of piperidine rings is 1. The van der Waals surface area contributed by atoms with E-state index in [-0.39, 0.29) is 29.9 Å². The summed E-state index contributed by atoms with van der Waals surface area (Å²) in [7, 11) is 1.79. The number of guanidine groups is 1. The fourth-order valence-corrected chi connectivity index (χ4v) is 3.67. The largest absolute Gasteiger partial charge is 0.356 e. The number of rotatable bonds is 7. The summed E-state index contributed by atoms with van der Waals surface area (Å²) in [5, 5.41) is 9.89. The molecule has 0 aromatic rings. The lowest BCUT2D eigenvalue weighted by atomic mass is 10.1. The molecule has 1 aliphatic heterocycles. The standard InChI is InChI=1S/C18H35N5O.HI/c1-3-12-23-13-9-16(10-14-23)22-18(19-2)20-11-8-17(24)21-15-6-4-5-7-15;/h15-16H,3-14H2,1-2H3,(H,21,24)(H2,19,20,22);1H. The van der Waals surface area contributed by atoms with E-state index in [0.29, 0.717) is 25.0 Å². The van der Waals surface area contributed by atoms with Gasteiger partial charge in [0.1, 0.15) is 0 Å². The third-order valence-corrected chi connectivity index (χ3v) is 5.06. The summed E-state index contributed by atoms with van der Waals surface area (Å²) >= 11 is 0. The van der Waals surface area contributed by atoms with Crippen LogP contribution < -0.4 is 16.0 Å². The van der Waals surface area contributed by atoms with Crippen molar-refractivity contribution in [1.29, 1.82) is 0 Å². The molecule has 1 saturated heterocycles. The Hall–Kier alpha value is -0.570. The highest BCUT2D eigenvalue weighted by atomic mass is 127. The van der Waals surface area contributed by atoms with E-state index >= 15 is 0 Å². The van der Waals surface area contributed by atoms with E-state index < -0.39 is 0 Å². The van der Waals surface area contributed by atoms with Crippen molar-refractivity contribution in [3.05, 3.63) is 0 Å². The first kappa shape index (κ1) is 22.5. The summed E-state index contributed by atoms with van der Waals surface area (Å²) in [6, 6.07) is 0.889. The van der Waals surface area contributed by atoms with E-state index in [9.17, 15) is 4.79 Å². The number of likely N-dealkylation sites (tertiary alicyclic amines) is 1. The van der Waals surface area contributed by atoms with Gasteiger partial charge < -0.3 is 20.9 Å². The first-order chi connectivity index (χ1) is 11.7. The number of carbonyl (C=O) groups is 1. The van der Waals surface area contributed by atoms with Gasteiger partial charge in [-0.15, -0.1) is 24.0 Å². The van der Waals surface area contributed by atoms with Gasteiger partial charge in [-0.05, 0) is 38.6 Å². The summed E-state index contributed by atoms with van der Waals surface area (Å²) in [4.78, 5) is 18.8. The maximum atomic E-state index is 11.9. The van der Waals surface area contributed by atoms with E-state index in [4.69, 9.17) is 0 Å². The number of carbonyl (C=O) groups excluding carboxylic acids is 1. The molecule has 7 heteroatoms. The average molecular weight is 465 g/mol. The van der Waals surface area contributed by atoms with E-state index in [1.807, 2.05) is 0 Å². The van der Waals surface area contributed by atoms with Gasteiger partial charge in [-0.2, -0.15) is 0 Å². The van der Waals surface area contributed by atoms with Gasteiger partial charge in [-0.1, -0.05) is 19.8 Å². The van der Waals surface area contributed by atoms with Crippen molar-refractivity contribution in [3.8, 4) is 0 Å². The molecule has 1 saturated carbocycles. The Morgan fingerprint density at radius 1 is 1.08 bits per heavy atom. The third-order valence-electron chi connectivity index (χ3n) is 5.06. The minimum atomic E-state index is 0. The summed E-state index contributed by atoms with van der Waals surface area (Å²) in [5.74, 6) is 0.968. The number of halogens is 1. The van der Waals surface area contributed by atoms with Gasteiger partial charge in [0.25, 0.3) is 0 Å². The maximum absolute atomic E-state index is 11.9. The molecular weight excluding hydrogens is 429 g/mol. The molecule has 3 N–H and O–H groups in total. The van der Waals surface area contributed by atoms with Crippen LogP contribution in [0, 0.1) is 0 Å². The second-order valence-electron chi connectivity index (χ2n) is 7.06. The van der Waals surface area contributed by atoms with Gasteiger partial charge in [-0.3, -0.25) is 9.79 Å². The number of nitrogens with zero attached hydrogens (tertiary/aromatic N) is 2. The number of hydrogen-bond acceptors (Lipinski definition) is 3. The molecule has 1 amide bonds. The van der Waals surface area contributed by atoms with Crippen LogP contribution in [0.3, 0.4) is 0 Å². The van der Waals surface area contributed by atoms with Crippen LogP contribution in [0.5, 0.6) is 0 Å². The first-order valence-corrected chi connectivity index (χ1v) is 9.70. The van der Waals surface area contributed by atoms with E-state index in [0.717, 1.165) is 44.7 Å². The monoisotopic (exact) mass is 465 g/mol. The predicted molar refractivity (Wildman–Crippen MR) is 115 cm³/mol. The second kappa shape index (κ2) is 12.7. The van der Waals surface area contributed by atoms with Crippen molar-refractivity contribution < 1.29 is 4.79 Å². The SMILES string of the molecule is CCCN1CCC(NC(=NC)NCCC(=O)NC2CCCC2)CC1.I. The fraction of sp³-hybridized carbons (Fsp3) is 0.889. The number of hydrogen-bond donors (Lipinski definition) is 3. The van der Waals surface area contributed by atoms with Crippen LogP contribution in [0.25, 0.3) is 0 Å². The molecule has 2 aliphatic rings. The van der Waals surface area contributed by atoms with Gasteiger partial charge >= 0.3 is 0 Å².